The summed E-state index contributed by atoms with van der Waals surface area (Å²) in [5, 5.41) is 19.2. The van der Waals surface area contributed by atoms with Crippen LogP contribution in [-0.4, -0.2) is 50.7 Å². The fourth-order valence-corrected chi connectivity index (χ4v) is 3.34. The van der Waals surface area contributed by atoms with E-state index in [1.807, 2.05) is 4.90 Å². The number of rotatable bonds is 6. The van der Waals surface area contributed by atoms with Crippen molar-refractivity contribution in [1.29, 1.82) is 0 Å². The third-order valence-electron chi connectivity index (χ3n) is 4.39. The third-order valence-corrected chi connectivity index (χ3v) is 5.05. The Hall–Kier alpha value is -3.02. The highest BCUT2D eigenvalue weighted by molar-refractivity contribution is 9.10. The summed E-state index contributed by atoms with van der Waals surface area (Å²) in [6.45, 7) is 0.988. The van der Waals surface area contributed by atoms with E-state index in [9.17, 15) is 9.18 Å². The second-order valence-electron chi connectivity index (χ2n) is 6.48. The standard InChI is InChI=1S/C17H16BrFN6O4/c18-12-2-1-10(19)7-14(12)29-11-3-5-24(6-4-11)17-20-13(9-28-17)16-21-23-25(22-16)8-15(26)27/h1-2,7,9,11H,3-6,8H2,(H,26,27)/p+1. The third kappa shape index (κ3) is 4.53. The Morgan fingerprint density at radius 3 is 3.00 bits per heavy atom. The van der Waals surface area contributed by atoms with E-state index in [0.29, 0.717) is 35.0 Å². The van der Waals surface area contributed by atoms with Crippen LogP contribution in [-0.2, 0) is 11.3 Å². The molecule has 1 saturated heterocycles. The van der Waals surface area contributed by atoms with E-state index in [1.165, 1.54) is 18.4 Å². The van der Waals surface area contributed by atoms with Crippen molar-refractivity contribution in [3.8, 4) is 17.3 Å². The Bertz CT molecular complexity index is 1020. The Morgan fingerprint density at radius 1 is 1.45 bits per heavy atom. The number of carboxylic acids is 1. The van der Waals surface area contributed by atoms with E-state index < -0.39 is 5.97 Å². The first-order valence-electron chi connectivity index (χ1n) is 8.85. The molecule has 0 spiro atoms. The molecule has 0 atom stereocenters. The highest BCUT2D eigenvalue weighted by Gasteiger charge is 2.26. The molecule has 0 saturated carbocycles. The van der Waals surface area contributed by atoms with Crippen LogP contribution in [0.4, 0.5) is 10.4 Å². The maximum Gasteiger partial charge on any atom is 0.360 e. The van der Waals surface area contributed by atoms with Crippen LogP contribution in [0.3, 0.4) is 0 Å². The highest BCUT2D eigenvalue weighted by Crippen LogP contribution is 2.29. The van der Waals surface area contributed by atoms with Gasteiger partial charge >= 0.3 is 11.8 Å². The molecule has 0 radical (unpaired) electrons. The Balaban J connectivity index is 1.36. The van der Waals surface area contributed by atoms with Crippen molar-refractivity contribution in [1.82, 2.24) is 20.4 Å². The Morgan fingerprint density at radius 2 is 2.24 bits per heavy atom. The summed E-state index contributed by atoms with van der Waals surface area (Å²) in [7, 11) is 0. The molecule has 1 aliphatic rings. The van der Waals surface area contributed by atoms with E-state index in [-0.39, 0.29) is 24.3 Å². The molecule has 0 aliphatic carbocycles. The topological polar surface area (TPSA) is 121 Å². The highest BCUT2D eigenvalue weighted by atomic mass is 79.9. The van der Waals surface area contributed by atoms with Gasteiger partial charge < -0.3 is 19.2 Å². The fraction of sp³-hybridized carbons (Fsp3) is 0.353. The zero-order valence-corrected chi connectivity index (χ0v) is 16.7. The van der Waals surface area contributed by atoms with Gasteiger partial charge in [0, 0.05) is 32.0 Å². The number of anilines is 1. The van der Waals surface area contributed by atoms with Crippen LogP contribution in [0.2, 0.25) is 0 Å². The zero-order valence-electron chi connectivity index (χ0n) is 15.1. The second kappa shape index (κ2) is 8.15. The molecule has 1 aromatic carbocycles. The lowest BCUT2D eigenvalue weighted by atomic mass is 10.1. The molecule has 2 N–H and O–H groups in total. The van der Waals surface area contributed by atoms with Gasteiger partial charge in [-0.3, -0.25) is 0 Å². The summed E-state index contributed by atoms with van der Waals surface area (Å²) < 4.78 is 25.6. The van der Waals surface area contributed by atoms with Crippen molar-refractivity contribution in [2.45, 2.75) is 25.5 Å². The minimum absolute atomic E-state index is 0.0400. The average molecular weight is 468 g/mol. The van der Waals surface area contributed by atoms with Crippen LogP contribution in [0, 0.1) is 5.82 Å². The van der Waals surface area contributed by atoms with Gasteiger partial charge in [-0.15, -0.1) is 0 Å². The number of nitrogens with zero attached hydrogens (tertiary/aromatic N) is 5. The first-order valence-corrected chi connectivity index (χ1v) is 9.64. The zero-order chi connectivity index (χ0) is 20.4. The number of hydrogen-bond acceptors (Lipinski definition) is 7. The molecule has 152 valence electrons. The number of aromatic nitrogens is 5. The number of H-pyrrole nitrogens is 1. The molecule has 2 aromatic heterocycles. The number of tetrazole rings is 1. The minimum atomic E-state index is -1.03. The van der Waals surface area contributed by atoms with Gasteiger partial charge in [-0.25, -0.2) is 9.18 Å². The number of aromatic amines is 1. The lowest BCUT2D eigenvalue weighted by molar-refractivity contribution is -0.795. The van der Waals surface area contributed by atoms with Crippen molar-refractivity contribution >= 4 is 27.9 Å². The molecule has 3 aromatic rings. The van der Waals surface area contributed by atoms with Gasteiger partial charge in [0.15, 0.2) is 5.69 Å². The van der Waals surface area contributed by atoms with E-state index in [4.69, 9.17) is 14.3 Å². The van der Waals surface area contributed by atoms with E-state index in [0.717, 1.165) is 17.6 Å². The normalized spacial score (nSPS) is 14.9. The molecule has 1 fully saturated rings. The second-order valence-corrected chi connectivity index (χ2v) is 7.34. The lowest BCUT2D eigenvalue weighted by Crippen LogP contribution is -2.42. The van der Waals surface area contributed by atoms with Crippen LogP contribution < -0.4 is 14.4 Å². The number of hydrogen-bond donors (Lipinski definition) is 2. The maximum absolute atomic E-state index is 13.4. The first-order chi connectivity index (χ1) is 14.0. The molecular weight excluding hydrogens is 451 g/mol. The largest absolute Gasteiger partial charge is 0.489 e. The van der Waals surface area contributed by atoms with Crippen molar-refractivity contribution in [3.05, 3.63) is 34.8 Å². The lowest BCUT2D eigenvalue weighted by Gasteiger charge is -2.31. The molecule has 0 unspecified atom stereocenters. The van der Waals surface area contributed by atoms with Crippen molar-refractivity contribution in [2.75, 3.05) is 18.0 Å². The van der Waals surface area contributed by atoms with Crippen LogP contribution in [0.5, 0.6) is 5.75 Å². The number of aliphatic carboxylic acids is 1. The number of nitrogens with one attached hydrogen (secondary N) is 1. The van der Waals surface area contributed by atoms with Gasteiger partial charge in [0.1, 0.15) is 23.9 Å². The van der Waals surface area contributed by atoms with E-state index >= 15 is 0 Å². The molecule has 0 bridgehead atoms. The fourth-order valence-electron chi connectivity index (χ4n) is 3.00. The van der Waals surface area contributed by atoms with Crippen molar-refractivity contribution in [3.63, 3.8) is 0 Å². The van der Waals surface area contributed by atoms with Crippen LogP contribution in [0.15, 0.2) is 33.4 Å². The summed E-state index contributed by atoms with van der Waals surface area (Å²) in [4.78, 5) is 18.2. The summed E-state index contributed by atoms with van der Waals surface area (Å²) in [6.07, 6.45) is 2.83. The SMILES string of the molecule is O=C(O)C[n+]1nc(-c2coc(N3CCC(Oc4cc(F)ccc4Br)CC3)n2)n[nH]1. The number of ether oxygens (including phenoxy) is 1. The quantitative estimate of drug-likeness (QED) is 0.526. The van der Waals surface area contributed by atoms with Gasteiger partial charge in [0.2, 0.25) is 6.54 Å². The maximum atomic E-state index is 13.4. The summed E-state index contributed by atoms with van der Waals surface area (Å²) in [5.41, 5.74) is 0.405. The van der Waals surface area contributed by atoms with Crippen molar-refractivity contribution in [2.24, 2.45) is 0 Å². The smallest absolute Gasteiger partial charge is 0.360 e. The van der Waals surface area contributed by atoms with E-state index in [2.05, 4.69) is 36.3 Å². The summed E-state index contributed by atoms with van der Waals surface area (Å²) in [5.74, 6) is -0.643. The Labute approximate surface area is 172 Å². The van der Waals surface area contributed by atoms with Crippen molar-refractivity contribution < 1.29 is 28.2 Å². The molecule has 12 heteroatoms. The molecule has 3 heterocycles. The van der Waals surface area contributed by atoms with Crippen LogP contribution in [0.25, 0.3) is 11.5 Å². The number of benzene rings is 1. The number of carboxylic acid groups (broad SMARTS) is 1. The molecule has 4 rings (SSSR count). The van der Waals surface area contributed by atoms with Gasteiger partial charge in [0.05, 0.1) is 9.57 Å². The predicted octanol–water partition coefficient (Wildman–Crippen LogP) is 1.78. The average Bonchev–Trinajstić information content (AvgIpc) is 3.34. The number of piperidine rings is 1. The number of halogens is 2. The predicted molar refractivity (Wildman–Crippen MR) is 99.7 cm³/mol. The monoisotopic (exact) mass is 467 g/mol. The van der Waals surface area contributed by atoms with Gasteiger partial charge in [0.25, 0.3) is 6.01 Å². The molecular formula is C17H17BrFN6O4+. The molecule has 0 amide bonds. The Kier molecular flexibility index (Phi) is 5.43. The van der Waals surface area contributed by atoms with E-state index in [1.54, 1.807) is 6.07 Å². The summed E-state index contributed by atoms with van der Waals surface area (Å²) >= 11 is 3.37. The molecule has 29 heavy (non-hydrogen) atoms. The first kappa shape index (κ1) is 19.3. The van der Waals surface area contributed by atoms with Crippen LogP contribution in [0.1, 0.15) is 12.8 Å². The summed E-state index contributed by atoms with van der Waals surface area (Å²) in [6, 6.07) is 4.79. The van der Waals surface area contributed by atoms with Gasteiger partial charge in [-0.2, -0.15) is 4.98 Å². The van der Waals surface area contributed by atoms with Crippen LogP contribution >= 0.6 is 15.9 Å². The number of carbonyl (C=O) groups is 1. The number of oxazole rings is 1. The molecule has 10 nitrogen and oxygen atoms in total. The van der Waals surface area contributed by atoms with Gasteiger partial charge in [-0.1, -0.05) is 0 Å². The van der Waals surface area contributed by atoms with Gasteiger partial charge in [-0.05, 0) is 43.2 Å². The minimum Gasteiger partial charge on any atom is -0.489 e. The molecule has 1 aliphatic heterocycles.